The molecule has 0 amide bonds. The molecule has 1 N–H and O–H groups in total. The Balaban J connectivity index is 1.58. The van der Waals surface area contributed by atoms with Crippen LogP contribution in [-0.2, 0) is 6.42 Å². The van der Waals surface area contributed by atoms with Gasteiger partial charge >= 0.3 is 0 Å². The van der Waals surface area contributed by atoms with Crippen molar-refractivity contribution in [3.8, 4) is 11.5 Å². The number of allylic oxidation sites excluding steroid dienone is 2. The predicted octanol–water partition coefficient (Wildman–Crippen LogP) is 4.70. The molecule has 3 aromatic carbocycles. The number of benzene rings is 3. The molecule has 0 unspecified atom stereocenters. The summed E-state index contributed by atoms with van der Waals surface area (Å²) in [6.07, 6.45) is 11.6. The molecule has 3 nitrogen and oxygen atoms in total. The lowest BCUT2D eigenvalue weighted by molar-refractivity contribution is 0.472. The summed E-state index contributed by atoms with van der Waals surface area (Å²) in [4.78, 5) is 8.39. The van der Waals surface area contributed by atoms with Gasteiger partial charge in [0.25, 0.3) is 0 Å². The maximum Gasteiger partial charge on any atom is 0.153 e. The molecule has 0 spiro atoms. The van der Waals surface area contributed by atoms with Crippen molar-refractivity contribution in [3.63, 3.8) is 0 Å². The van der Waals surface area contributed by atoms with E-state index < -0.39 is 0 Å². The molecule has 3 heteroatoms. The first kappa shape index (κ1) is 15.1. The highest BCUT2D eigenvalue weighted by Gasteiger charge is 2.17. The number of aromatic nitrogens is 2. The van der Waals surface area contributed by atoms with Crippen molar-refractivity contribution in [2.24, 2.45) is 0 Å². The van der Waals surface area contributed by atoms with Crippen LogP contribution in [0.5, 0.6) is 11.5 Å². The van der Waals surface area contributed by atoms with Gasteiger partial charge in [-0.15, -0.1) is 0 Å². The number of hydrogen-bond acceptors (Lipinski definition) is 2. The van der Waals surface area contributed by atoms with Crippen LogP contribution >= 0.6 is 0 Å². The van der Waals surface area contributed by atoms with Gasteiger partial charge in [0.1, 0.15) is 11.1 Å². The van der Waals surface area contributed by atoms with E-state index in [0.717, 1.165) is 45.3 Å². The van der Waals surface area contributed by atoms with Crippen LogP contribution in [0.15, 0.2) is 66.9 Å². The molecule has 0 fully saturated rings. The van der Waals surface area contributed by atoms with Gasteiger partial charge in [-0.3, -0.25) is 0 Å². The third-order valence-corrected chi connectivity index (χ3v) is 6.07. The van der Waals surface area contributed by atoms with Gasteiger partial charge in [-0.25, -0.2) is 4.98 Å². The van der Waals surface area contributed by atoms with E-state index in [0.29, 0.717) is 0 Å². The molecule has 1 aliphatic heterocycles. The molecule has 2 aromatic heterocycles. The summed E-state index contributed by atoms with van der Waals surface area (Å²) in [5, 5.41) is 6.91. The zero-order valence-electron chi connectivity index (χ0n) is 15.6. The lowest BCUT2D eigenvalue weighted by Gasteiger charge is -2.16. The monoisotopic (exact) mass is 372 g/mol. The van der Waals surface area contributed by atoms with E-state index in [1.54, 1.807) is 0 Å². The molecule has 3 heterocycles. The first-order valence-electron chi connectivity index (χ1n) is 9.87. The van der Waals surface area contributed by atoms with Crippen LogP contribution in [0.4, 0.5) is 0 Å². The van der Waals surface area contributed by atoms with Crippen LogP contribution in [0.3, 0.4) is 0 Å². The minimum atomic E-state index is 0.808. The largest absolute Gasteiger partial charge is 0.454 e. The molecule has 0 saturated heterocycles. The second-order valence-corrected chi connectivity index (χ2v) is 7.71. The SMILES string of the molecule is C1=CCc2ccc3c(ccc4cc5c(nc43)=Cc3c(ccc4cc[nH]c34)O5)c2=C1. The second kappa shape index (κ2) is 5.36. The van der Waals surface area contributed by atoms with E-state index in [9.17, 15) is 0 Å². The van der Waals surface area contributed by atoms with E-state index >= 15 is 0 Å². The molecule has 29 heavy (non-hydrogen) atoms. The maximum atomic E-state index is 6.24. The number of hydrogen-bond donors (Lipinski definition) is 1. The van der Waals surface area contributed by atoms with Crippen molar-refractivity contribution >= 4 is 44.7 Å². The molecular formula is C26H16N2O. The van der Waals surface area contributed by atoms with Crippen molar-refractivity contribution in [2.45, 2.75) is 6.42 Å². The summed E-state index contributed by atoms with van der Waals surface area (Å²) in [7, 11) is 0. The van der Waals surface area contributed by atoms with Crippen LogP contribution in [0.1, 0.15) is 11.1 Å². The number of nitrogens with zero attached hydrogens (tertiary/aromatic N) is 1. The van der Waals surface area contributed by atoms with Crippen LogP contribution in [-0.4, -0.2) is 9.97 Å². The van der Waals surface area contributed by atoms with Gasteiger partial charge in [0.05, 0.1) is 11.0 Å². The topological polar surface area (TPSA) is 37.9 Å². The first-order valence-corrected chi connectivity index (χ1v) is 9.87. The van der Waals surface area contributed by atoms with Crippen LogP contribution in [0, 0.1) is 0 Å². The van der Waals surface area contributed by atoms with Gasteiger partial charge in [0.15, 0.2) is 5.75 Å². The molecular weight excluding hydrogens is 356 g/mol. The standard InChI is InChI=1S/C26H16N2O/c1-2-4-18-15(3-1)5-9-20-19(18)8-6-17-13-24-22(28-26(17)20)14-21-23(29-24)10-7-16-11-12-27-25(16)21/h1-2,4-14,27H,3H2. The molecule has 0 bridgehead atoms. The van der Waals surface area contributed by atoms with Crippen LogP contribution in [0.2, 0.25) is 0 Å². The lowest BCUT2D eigenvalue weighted by atomic mass is 9.96. The van der Waals surface area contributed by atoms with Gasteiger partial charge in [0, 0.05) is 27.9 Å². The van der Waals surface area contributed by atoms with Crippen molar-refractivity contribution < 1.29 is 4.74 Å². The number of aromatic amines is 1. The van der Waals surface area contributed by atoms with Gasteiger partial charge in [-0.2, -0.15) is 0 Å². The Labute approximate surface area is 166 Å². The zero-order chi connectivity index (χ0) is 18.9. The number of ether oxygens (including phenoxy) is 1. The summed E-state index contributed by atoms with van der Waals surface area (Å²) < 4.78 is 6.24. The van der Waals surface area contributed by atoms with E-state index in [1.807, 2.05) is 12.3 Å². The molecule has 5 aromatic rings. The lowest BCUT2D eigenvalue weighted by Crippen LogP contribution is -2.16. The maximum absolute atomic E-state index is 6.24. The predicted molar refractivity (Wildman–Crippen MR) is 118 cm³/mol. The zero-order valence-corrected chi connectivity index (χ0v) is 15.6. The Morgan fingerprint density at radius 3 is 2.83 bits per heavy atom. The molecule has 0 saturated carbocycles. The average molecular weight is 372 g/mol. The van der Waals surface area contributed by atoms with Crippen molar-refractivity contribution in [1.82, 2.24) is 9.97 Å². The van der Waals surface area contributed by atoms with E-state index in [4.69, 9.17) is 9.72 Å². The second-order valence-electron chi connectivity index (χ2n) is 7.71. The quantitative estimate of drug-likeness (QED) is 0.393. The number of pyridine rings is 1. The van der Waals surface area contributed by atoms with Gasteiger partial charge in [-0.1, -0.05) is 42.5 Å². The minimum absolute atomic E-state index is 0.808. The average Bonchev–Trinajstić information content (AvgIpc) is 3.25. The Morgan fingerprint density at radius 2 is 1.83 bits per heavy atom. The molecule has 1 aliphatic carbocycles. The van der Waals surface area contributed by atoms with Gasteiger partial charge in [-0.05, 0) is 52.9 Å². The highest BCUT2D eigenvalue weighted by Crippen LogP contribution is 2.34. The summed E-state index contributed by atoms with van der Waals surface area (Å²) >= 11 is 0. The minimum Gasteiger partial charge on any atom is -0.454 e. The Kier molecular flexibility index (Phi) is 2.79. The molecule has 7 rings (SSSR count). The van der Waals surface area contributed by atoms with Crippen molar-refractivity contribution in [3.05, 3.63) is 88.6 Å². The number of rotatable bonds is 0. The third kappa shape index (κ3) is 2.04. The fourth-order valence-corrected chi connectivity index (χ4v) is 4.65. The highest BCUT2D eigenvalue weighted by molar-refractivity contribution is 6.06. The van der Waals surface area contributed by atoms with Crippen LogP contribution in [0.25, 0.3) is 44.7 Å². The van der Waals surface area contributed by atoms with E-state index in [2.05, 4.69) is 71.8 Å². The van der Waals surface area contributed by atoms with E-state index in [-0.39, 0.29) is 0 Å². The number of H-pyrrole nitrogens is 1. The van der Waals surface area contributed by atoms with Gasteiger partial charge in [0.2, 0.25) is 0 Å². The molecule has 0 radical (unpaired) electrons. The normalized spacial score (nSPS) is 14.1. The number of fused-ring (bicyclic) bond motifs is 9. The number of nitrogens with one attached hydrogen (secondary N) is 1. The van der Waals surface area contributed by atoms with Crippen molar-refractivity contribution in [1.29, 1.82) is 0 Å². The highest BCUT2D eigenvalue weighted by atomic mass is 16.5. The Bertz CT molecular complexity index is 1650. The Hall–Kier alpha value is -3.85. The fourth-order valence-electron chi connectivity index (χ4n) is 4.65. The summed E-state index contributed by atoms with van der Waals surface area (Å²) in [5.41, 5.74) is 4.54. The third-order valence-electron chi connectivity index (χ3n) is 6.07. The van der Waals surface area contributed by atoms with E-state index in [1.165, 1.54) is 26.9 Å². The fraction of sp³-hybridized carbons (Fsp3) is 0.0385. The van der Waals surface area contributed by atoms with Gasteiger partial charge < -0.3 is 9.72 Å². The molecule has 0 atom stereocenters. The summed E-state index contributed by atoms with van der Waals surface area (Å²) in [6, 6.07) is 17.1. The van der Waals surface area contributed by atoms with Crippen LogP contribution < -0.4 is 15.3 Å². The van der Waals surface area contributed by atoms with Crippen molar-refractivity contribution in [2.75, 3.05) is 0 Å². The first-order chi connectivity index (χ1) is 14.3. The smallest absolute Gasteiger partial charge is 0.153 e. The Morgan fingerprint density at radius 1 is 0.897 bits per heavy atom. The molecule has 136 valence electrons. The summed E-state index contributed by atoms with van der Waals surface area (Å²) in [6.45, 7) is 0. The molecule has 2 aliphatic rings. The summed E-state index contributed by atoms with van der Waals surface area (Å²) in [5.74, 6) is 1.67.